The predicted octanol–water partition coefficient (Wildman–Crippen LogP) is 3.29. The molecule has 26 heavy (non-hydrogen) atoms. The summed E-state index contributed by atoms with van der Waals surface area (Å²) in [5.74, 6) is 11.1. The highest BCUT2D eigenvalue weighted by atomic mass is 15.4. The van der Waals surface area contributed by atoms with E-state index < -0.39 is 0 Å². The lowest BCUT2D eigenvalue weighted by Gasteiger charge is -2.16. The first-order chi connectivity index (χ1) is 12.7. The van der Waals surface area contributed by atoms with Crippen molar-refractivity contribution in [2.24, 2.45) is 11.7 Å². The Labute approximate surface area is 152 Å². The minimum Gasteiger partial charge on any atom is -0.270 e. The van der Waals surface area contributed by atoms with Gasteiger partial charge in [-0.15, -0.1) is 0 Å². The molecule has 0 aliphatic heterocycles. The number of rotatable bonds is 4. The molecule has 0 unspecified atom stereocenters. The molecule has 5 nitrogen and oxygen atoms in total. The molecule has 0 aliphatic rings. The topological polar surface area (TPSA) is 89.0 Å². The number of pyridine rings is 1. The lowest BCUT2D eigenvalue weighted by atomic mass is 9.96. The summed E-state index contributed by atoms with van der Waals surface area (Å²) in [5.41, 5.74) is 10.5. The van der Waals surface area contributed by atoms with E-state index in [1.807, 2.05) is 12.1 Å². The zero-order chi connectivity index (χ0) is 18.1. The number of hydrogen-bond donors (Lipinski definition) is 4. The minimum atomic E-state index is -0.318. The fraction of sp³-hybridized carbons (Fsp3) is 0.0952. The van der Waals surface area contributed by atoms with Crippen LogP contribution in [-0.2, 0) is 0 Å². The van der Waals surface area contributed by atoms with Crippen molar-refractivity contribution in [3.63, 3.8) is 0 Å². The molecular formula is C21H21N5. The number of fused-ring (bicyclic) bond motifs is 2. The summed E-state index contributed by atoms with van der Waals surface area (Å²) in [7, 11) is 0. The summed E-state index contributed by atoms with van der Waals surface area (Å²) in [6.07, 6.45) is -0.318. The van der Waals surface area contributed by atoms with Gasteiger partial charge in [-0.2, -0.15) is 0 Å². The van der Waals surface area contributed by atoms with Crippen LogP contribution < -0.4 is 22.5 Å². The minimum absolute atomic E-state index is 0.318. The van der Waals surface area contributed by atoms with E-state index in [1.165, 1.54) is 16.3 Å². The van der Waals surface area contributed by atoms with Gasteiger partial charge in [0.25, 0.3) is 0 Å². The SMILES string of the molecule is Cc1nc2ccc(C(NN)NN)cc2cc1-c1cccc2ccccc12. The maximum absolute atomic E-state index is 5.56. The Hall–Kier alpha value is -2.83. The van der Waals surface area contributed by atoms with Gasteiger partial charge in [0, 0.05) is 16.6 Å². The van der Waals surface area contributed by atoms with Crippen molar-refractivity contribution in [3.8, 4) is 11.1 Å². The lowest BCUT2D eigenvalue weighted by molar-refractivity contribution is 0.462. The van der Waals surface area contributed by atoms with Gasteiger partial charge >= 0.3 is 0 Å². The molecule has 4 rings (SSSR count). The summed E-state index contributed by atoms with van der Waals surface area (Å²) in [6.45, 7) is 2.05. The number of hydrazine groups is 2. The molecule has 5 heteroatoms. The van der Waals surface area contributed by atoms with Gasteiger partial charge in [0.2, 0.25) is 0 Å². The molecular weight excluding hydrogens is 322 g/mol. The third kappa shape index (κ3) is 2.83. The van der Waals surface area contributed by atoms with Crippen LogP contribution in [0.25, 0.3) is 32.8 Å². The average Bonchev–Trinajstić information content (AvgIpc) is 2.68. The number of hydrogen-bond acceptors (Lipinski definition) is 5. The highest BCUT2D eigenvalue weighted by Crippen LogP contribution is 2.32. The first-order valence-corrected chi connectivity index (χ1v) is 8.53. The first-order valence-electron chi connectivity index (χ1n) is 8.53. The molecule has 1 aromatic heterocycles. The van der Waals surface area contributed by atoms with Gasteiger partial charge in [0.05, 0.1) is 5.52 Å². The van der Waals surface area contributed by atoms with Crippen LogP contribution in [0, 0.1) is 6.92 Å². The number of nitrogens with one attached hydrogen (secondary N) is 2. The molecule has 4 aromatic rings. The molecule has 0 bridgehead atoms. The van der Waals surface area contributed by atoms with E-state index in [1.54, 1.807) is 0 Å². The Morgan fingerprint density at radius 3 is 2.38 bits per heavy atom. The summed E-state index contributed by atoms with van der Waals surface area (Å²) in [6, 6.07) is 23.0. The molecule has 0 radical (unpaired) electrons. The highest BCUT2D eigenvalue weighted by Gasteiger charge is 2.12. The molecule has 0 fully saturated rings. The quantitative estimate of drug-likeness (QED) is 0.259. The number of benzene rings is 3. The maximum Gasteiger partial charge on any atom is 0.108 e. The Kier molecular flexibility index (Phi) is 4.36. The van der Waals surface area contributed by atoms with Crippen molar-refractivity contribution in [2.45, 2.75) is 13.1 Å². The summed E-state index contributed by atoms with van der Waals surface area (Å²) in [5, 5.41) is 3.49. The zero-order valence-corrected chi connectivity index (χ0v) is 14.5. The van der Waals surface area contributed by atoms with Gasteiger partial charge in [-0.25, -0.2) is 10.9 Å². The lowest BCUT2D eigenvalue weighted by Crippen LogP contribution is -2.41. The van der Waals surface area contributed by atoms with Crippen molar-refractivity contribution in [1.82, 2.24) is 15.8 Å². The molecule has 6 N–H and O–H groups in total. The van der Waals surface area contributed by atoms with Crippen molar-refractivity contribution in [3.05, 3.63) is 78.0 Å². The number of nitrogens with two attached hydrogens (primary N) is 2. The predicted molar refractivity (Wildman–Crippen MR) is 107 cm³/mol. The van der Waals surface area contributed by atoms with E-state index in [4.69, 9.17) is 16.7 Å². The van der Waals surface area contributed by atoms with E-state index in [2.05, 4.69) is 72.4 Å². The van der Waals surface area contributed by atoms with Gasteiger partial charge in [-0.05, 0) is 47.0 Å². The molecule has 0 spiro atoms. The average molecular weight is 343 g/mol. The molecule has 3 aromatic carbocycles. The van der Waals surface area contributed by atoms with Crippen LogP contribution in [0.2, 0.25) is 0 Å². The van der Waals surface area contributed by atoms with Crippen molar-refractivity contribution in [2.75, 3.05) is 0 Å². The Bertz CT molecular complexity index is 1080. The van der Waals surface area contributed by atoms with E-state index in [9.17, 15) is 0 Å². The van der Waals surface area contributed by atoms with Crippen molar-refractivity contribution in [1.29, 1.82) is 0 Å². The van der Waals surface area contributed by atoms with Crippen LogP contribution in [0.3, 0.4) is 0 Å². The van der Waals surface area contributed by atoms with E-state index >= 15 is 0 Å². The van der Waals surface area contributed by atoms with E-state index in [-0.39, 0.29) is 6.17 Å². The summed E-state index contributed by atoms with van der Waals surface area (Å²) >= 11 is 0. The molecule has 130 valence electrons. The zero-order valence-electron chi connectivity index (χ0n) is 14.5. The van der Waals surface area contributed by atoms with E-state index in [0.717, 1.165) is 27.7 Å². The second-order valence-electron chi connectivity index (χ2n) is 6.37. The smallest absolute Gasteiger partial charge is 0.108 e. The van der Waals surface area contributed by atoms with Gasteiger partial charge in [-0.1, -0.05) is 48.5 Å². The number of nitrogens with zero attached hydrogens (tertiary/aromatic N) is 1. The molecule has 1 heterocycles. The fourth-order valence-corrected chi connectivity index (χ4v) is 3.44. The van der Waals surface area contributed by atoms with Crippen LogP contribution in [0.4, 0.5) is 0 Å². The molecule has 0 saturated heterocycles. The van der Waals surface area contributed by atoms with Gasteiger partial charge in [-0.3, -0.25) is 16.7 Å². The van der Waals surface area contributed by atoms with Crippen LogP contribution >= 0.6 is 0 Å². The molecule has 0 saturated carbocycles. The van der Waals surface area contributed by atoms with Crippen molar-refractivity contribution >= 4 is 21.7 Å². The third-order valence-electron chi connectivity index (χ3n) is 4.78. The normalized spacial score (nSPS) is 11.5. The second-order valence-corrected chi connectivity index (χ2v) is 6.37. The Morgan fingerprint density at radius 2 is 1.58 bits per heavy atom. The number of aryl methyl sites for hydroxylation is 1. The van der Waals surface area contributed by atoms with Crippen molar-refractivity contribution < 1.29 is 0 Å². The standard InChI is InChI=1S/C21H21N5/c1-13-19(18-8-4-6-14-5-2-3-7-17(14)18)12-16-11-15(21(25-22)26-23)9-10-20(16)24-13/h2-12,21,25-26H,22-23H2,1H3. The fourth-order valence-electron chi connectivity index (χ4n) is 3.44. The Balaban J connectivity index is 1.93. The van der Waals surface area contributed by atoms with Crippen LogP contribution in [0.1, 0.15) is 17.4 Å². The monoisotopic (exact) mass is 343 g/mol. The third-order valence-corrected chi connectivity index (χ3v) is 4.78. The summed E-state index contributed by atoms with van der Waals surface area (Å²) in [4.78, 5) is 4.81. The van der Waals surface area contributed by atoms with Crippen LogP contribution in [-0.4, -0.2) is 4.98 Å². The number of aromatic nitrogens is 1. The first kappa shape index (κ1) is 16.6. The Morgan fingerprint density at radius 1 is 0.808 bits per heavy atom. The van der Waals surface area contributed by atoms with Crippen LogP contribution in [0.15, 0.2) is 66.7 Å². The van der Waals surface area contributed by atoms with Crippen LogP contribution in [0.5, 0.6) is 0 Å². The van der Waals surface area contributed by atoms with E-state index in [0.29, 0.717) is 0 Å². The highest BCUT2D eigenvalue weighted by molar-refractivity contribution is 5.99. The van der Waals surface area contributed by atoms with Gasteiger partial charge in [0.15, 0.2) is 0 Å². The largest absolute Gasteiger partial charge is 0.270 e. The maximum atomic E-state index is 5.56. The van der Waals surface area contributed by atoms with Gasteiger partial charge in [0.1, 0.15) is 6.17 Å². The van der Waals surface area contributed by atoms with Gasteiger partial charge < -0.3 is 0 Å². The summed E-state index contributed by atoms with van der Waals surface area (Å²) < 4.78 is 0. The molecule has 0 amide bonds. The molecule has 0 aliphatic carbocycles. The second kappa shape index (κ2) is 6.82. The molecule has 0 atom stereocenters.